The molecule has 2 rings (SSSR count). The summed E-state index contributed by atoms with van der Waals surface area (Å²) in [5, 5.41) is 13.9. The number of hydrogen-bond acceptors (Lipinski definition) is 6. The molecular formula is C20H23ClN4O6S. The average Bonchev–Trinajstić information content (AvgIpc) is 2.74. The van der Waals surface area contributed by atoms with Gasteiger partial charge in [0.1, 0.15) is 12.6 Å². The lowest BCUT2D eigenvalue weighted by Crippen LogP contribution is -2.50. The fourth-order valence-corrected chi connectivity index (χ4v) is 4.01. The first-order chi connectivity index (χ1) is 15.0. The van der Waals surface area contributed by atoms with E-state index >= 15 is 0 Å². The molecule has 10 nitrogen and oxygen atoms in total. The highest BCUT2D eigenvalue weighted by atomic mass is 35.5. The van der Waals surface area contributed by atoms with E-state index in [1.54, 1.807) is 24.3 Å². The zero-order chi connectivity index (χ0) is 24.1. The van der Waals surface area contributed by atoms with E-state index in [0.717, 1.165) is 16.6 Å². The van der Waals surface area contributed by atoms with Crippen LogP contribution in [0, 0.1) is 10.1 Å². The van der Waals surface area contributed by atoms with Gasteiger partial charge in [0, 0.05) is 30.7 Å². The number of nitrogens with zero attached hydrogens (tertiary/aromatic N) is 3. The topological polar surface area (TPSA) is 130 Å². The predicted molar refractivity (Wildman–Crippen MR) is 121 cm³/mol. The Morgan fingerprint density at radius 2 is 1.84 bits per heavy atom. The highest BCUT2D eigenvalue weighted by Crippen LogP contribution is 2.24. The number of carbonyl (C=O) groups is 2. The third-order valence-electron chi connectivity index (χ3n) is 4.72. The van der Waals surface area contributed by atoms with E-state index in [9.17, 15) is 28.1 Å². The Morgan fingerprint density at radius 3 is 2.41 bits per heavy atom. The van der Waals surface area contributed by atoms with Gasteiger partial charge in [-0.3, -0.25) is 24.0 Å². The molecule has 0 bridgehead atoms. The van der Waals surface area contributed by atoms with E-state index in [4.69, 9.17) is 11.6 Å². The summed E-state index contributed by atoms with van der Waals surface area (Å²) < 4.78 is 25.6. The maximum Gasteiger partial charge on any atom is 0.271 e. The van der Waals surface area contributed by atoms with Gasteiger partial charge < -0.3 is 10.2 Å². The van der Waals surface area contributed by atoms with Crippen molar-refractivity contribution in [3.63, 3.8) is 0 Å². The number of sulfonamides is 1. The van der Waals surface area contributed by atoms with Crippen molar-refractivity contribution in [2.45, 2.75) is 19.5 Å². The predicted octanol–water partition coefficient (Wildman–Crippen LogP) is 2.18. The summed E-state index contributed by atoms with van der Waals surface area (Å²) >= 11 is 6.20. The lowest BCUT2D eigenvalue weighted by Gasteiger charge is -2.31. The summed E-state index contributed by atoms with van der Waals surface area (Å²) in [6.45, 7) is 0.803. The van der Waals surface area contributed by atoms with Gasteiger partial charge in [0.2, 0.25) is 21.8 Å². The van der Waals surface area contributed by atoms with Crippen molar-refractivity contribution in [1.29, 1.82) is 0 Å². The molecule has 0 spiro atoms. The first kappa shape index (κ1) is 25.1. The number of non-ortho nitro benzene ring substituents is 1. The number of carbonyl (C=O) groups excluding carboxylic acids is 2. The summed E-state index contributed by atoms with van der Waals surface area (Å²) in [5.41, 5.74) is 0.204. The molecule has 0 aliphatic rings. The molecule has 1 N–H and O–H groups in total. The Bertz CT molecular complexity index is 1120. The van der Waals surface area contributed by atoms with Crippen molar-refractivity contribution in [2.24, 2.45) is 0 Å². The zero-order valence-electron chi connectivity index (χ0n) is 17.7. The molecule has 1 atom stereocenters. The Labute approximate surface area is 191 Å². The Balaban J connectivity index is 2.43. The lowest BCUT2D eigenvalue weighted by atomic mass is 10.1. The second-order valence-electron chi connectivity index (χ2n) is 6.95. The normalized spacial score (nSPS) is 12.0. The minimum atomic E-state index is -3.98. The molecule has 0 saturated heterocycles. The van der Waals surface area contributed by atoms with Crippen LogP contribution < -0.4 is 9.62 Å². The number of benzene rings is 2. The van der Waals surface area contributed by atoms with Crippen LogP contribution in [0.3, 0.4) is 0 Å². The molecular weight excluding hydrogens is 460 g/mol. The Morgan fingerprint density at radius 1 is 1.19 bits per heavy atom. The van der Waals surface area contributed by atoms with Crippen molar-refractivity contribution >= 4 is 44.8 Å². The van der Waals surface area contributed by atoms with Crippen LogP contribution in [0.5, 0.6) is 0 Å². The van der Waals surface area contributed by atoms with Crippen LogP contribution in [-0.4, -0.2) is 55.9 Å². The lowest BCUT2D eigenvalue weighted by molar-refractivity contribution is -0.384. The van der Waals surface area contributed by atoms with E-state index in [2.05, 4.69) is 5.32 Å². The van der Waals surface area contributed by atoms with Gasteiger partial charge in [0.05, 0.1) is 16.9 Å². The van der Waals surface area contributed by atoms with Gasteiger partial charge in [0.25, 0.3) is 5.69 Å². The average molecular weight is 483 g/mol. The molecule has 2 aromatic rings. The minimum Gasteiger partial charge on any atom is -0.357 e. The molecule has 12 heteroatoms. The molecule has 172 valence electrons. The second-order valence-corrected chi connectivity index (χ2v) is 9.26. The number of amides is 2. The fraction of sp³-hybridized carbons (Fsp3) is 0.300. The van der Waals surface area contributed by atoms with Crippen molar-refractivity contribution in [3.8, 4) is 0 Å². The maximum atomic E-state index is 13.2. The highest BCUT2D eigenvalue weighted by molar-refractivity contribution is 7.92. The van der Waals surface area contributed by atoms with Gasteiger partial charge in [-0.1, -0.05) is 35.9 Å². The van der Waals surface area contributed by atoms with Crippen molar-refractivity contribution in [3.05, 3.63) is 69.2 Å². The molecule has 0 radical (unpaired) electrons. The fourth-order valence-electron chi connectivity index (χ4n) is 2.98. The maximum absolute atomic E-state index is 13.2. The van der Waals surface area contributed by atoms with Gasteiger partial charge in [-0.2, -0.15) is 0 Å². The highest BCUT2D eigenvalue weighted by Gasteiger charge is 2.30. The van der Waals surface area contributed by atoms with Gasteiger partial charge in [-0.25, -0.2) is 8.42 Å². The van der Waals surface area contributed by atoms with Crippen LogP contribution in [-0.2, 0) is 26.2 Å². The van der Waals surface area contributed by atoms with Crippen molar-refractivity contribution in [1.82, 2.24) is 10.2 Å². The first-order valence-corrected chi connectivity index (χ1v) is 11.6. The summed E-state index contributed by atoms with van der Waals surface area (Å²) in [7, 11) is -2.57. The summed E-state index contributed by atoms with van der Waals surface area (Å²) in [5.74, 6) is -1.13. The number of hydrogen-bond donors (Lipinski definition) is 1. The Hall–Kier alpha value is -3.18. The van der Waals surface area contributed by atoms with E-state index in [1.807, 2.05) is 0 Å². The minimum absolute atomic E-state index is 0.0414. The van der Waals surface area contributed by atoms with E-state index in [-0.39, 0.29) is 17.9 Å². The number of likely N-dealkylation sites (N-methyl/N-ethyl adjacent to an activating group) is 1. The summed E-state index contributed by atoms with van der Waals surface area (Å²) in [6.07, 6.45) is 0.889. The molecule has 0 aliphatic heterocycles. The number of nitro groups is 1. The van der Waals surface area contributed by atoms with Gasteiger partial charge in [-0.05, 0) is 24.6 Å². The molecule has 0 aliphatic carbocycles. The van der Waals surface area contributed by atoms with Crippen LogP contribution >= 0.6 is 11.6 Å². The zero-order valence-corrected chi connectivity index (χ0v) is 19.3. The smallest absolute Gasteiger partial charge is 0.271 e. The third-order valence-corrected chi connectivity index (χ3v) is 6.23. The van der Waals surface area contributed by atoms with E-state index < -0.39 is 39.3 Å². The van der Waals surface area contributed by atoms with Crippen LogP contribution in [0.15, 0.2) is 48.5 Å². The number of nitrogens with one attached hydrogen (secondary N) is 1. The van der Waals surface area contributed by atoms with Crippen LogP contribution in [0.2, 0.25) is 5.02 Å². The number of halogens is 1. The largest absolute Gasteiger partial charge is 0.357 e. The van der Waals surface area contributed by atoms with Crippen LogP contribution in [0.1, 0.15) is 12.5 Å². The SMILES string of the molecule is CNC(=O)C(C)N(Cc1ccccc1Cl)C(=O)CN(c1cccc([N+](=O)[O-])c1)S(C)(=O)=O. The van der Waals surface area contributed by atoms with Gasteiger partial charge >= 0.3 is 0 Å². The van der Waals surface area contributed by atoms with E-state index in [1.165, 1.54) is 37.1 Å². The molecule has 2 aromatic carbocycles. The molecule has 2 amide bonds. The summed E-state index contributed by atoms with van der Waals surface area (Å²) in [4.78, 5) is 37.1. The standard InChI is InChI=1S/C20H23ClN4O6S/c1-14(20(27)22-2)23(12-15-7-4-5-10-18(15)21)19(26)13-24(32(3,30)31)16-8-6-9-17(11-16)25(28)29/h4-11,14H,12-13H2,1-3H3,(H,22,27). The van der Waals surface area contributed by atoms with Gasteiger partial charge in [-0.15, -0.1) is 0 Å². The molecule has 1 unspecified atom stereocenters. The first-order valence-electron chi connectivity index (χ1n) is 9.42. The molecule has 0 aromatic heterocycles. The van der Waals surface area contributed by atoms with Crippen molar-refractivity contribution < 1.29 is 22.9 Å². The molecule has 0 heterocycles. The number of rotatable bonds is 9. The van der Waals surface area contributed by atoms with Gasteiger partial charge in [0.15, 0.2) is 0 Å². The number of nitro benzene ring substituents is 1. The van der Waals surface area contributed by atoms with Crippen LogP contribution in [0.25, 0.3) is 0 Å². The Kier molecular flexibility index (Phi) is 8.17. The quantitative estimate of drug-likeness (QED) is 0.430. The van der Waals surface area contributed by atoms with E-state index in [0.29, 0.717) is 10.6 Å². The monoisotopic (exact) mass is 482 g/mol. The van der Waals surface area contributed by atoms with Crippen LogP contribution in [0.4, 0.5) is 11.4 Å². The van der Waals surface area contributed by atoms with Crippen molar-refractivity contribution in [2.75, 3.05) is 24.2 Å². The molecule has 32 heavy (non-hydrogen) atoms. The second kappa shape index (κ2) is 10.4. The summed E-state index contributed by atoms with van der Waals surface area (Å²) in [6, 6.07) is 10.8. The molecule has 0 saturated carbocycles. The molecule has 0 fully saturated rings. The number of anilines is 1. The third kappa shape index (κ3) is 6.17.